The molecule has 2 heterocycles. The third kappa shape index (κ3) is 5.80. The number of rotatable bonds is 7. The van der Waals surface area contributed by atoms with Crippen LogP contribution in [-0.4, -0.2) is 4.57 Å². The Balaban J connectivity index is 0.967. The van der Waals surface area contributed by atoms with E-state index in [1.54, 1.807) is 0 Å². The van der Waals surface area contributed by atoms with E-state index in [4.69, 9.17) is 0 Å². The highest BCUT2D eigenvalue weighted by Gasteiger charge is 2.18. The van der Waals surface area contributed by atoms with Gasteiger partial charge < -0.3 is 9.47 Å². The highest BCUT2D eigenvalue weighted by Crippen LogP contribution is 2.42. The van der Waals surface area contributed by atoms with Crippen LogP contribution >= 0.6 is 11.3 Å². The van der Waals surface area contributed by atoms with E-state index in [0.29, 0.717) is 0 Å². The molecule has 268 valence electrons. The van der Waals surface area contributed by atoms with Crippen LogP contribution in [0.1, 0.15) is 0 Å². The number of hydrogen-bond donors (Lipinski definition) is 0. The average molecular weight is 745 g/mol. The Morgan fingerprint density at radius 1 is 0.316 bits per heavy atom. The highest BCUT2D eigenvalue weighted by molar-refractivity contribution is 7.25. The first-order chi connectivity index (χ1) is 28.3. The first-order valence-corrected chi connectivity index (χ1v) is 20.2. The van der Waals surface area contributed by atoms with Crippen molar-refractivity contribution in [2.45, 2.75) is 0 Å². The molecule has 0 unspecified atom stereocenters. The number of para-hydroxylation sites is 3. The fraction of sp³-hybridized carbons (Fsp3) is 0. The van der Waals surface area contributed by atoms with Crippen molar-refractivity contribution in [3.63, 3.8) is 0 Å². The number of thiophene rings is 1. The molecule has 57 heavy (non-hydrogen) atoms. The van der Waals surface area contributed by atoms with Gasteiger partial charge in [0, 0.05) is 53.6 Å². The molecule has 3 heteroatoms. The summed E-state index contributed by atoms with van der Waals surface area (Å²) < 4.78 is 5.02. The summed E-state index contributed by atoms with van der Waals surface area (Å²) in [5.74, 6) is 0. The smallest absolute Gasteiger partial charge is 0.0541 e. The van der Waals surface area contributed by atoms with Crippen molar-refractivity contribution in [1.82, 2.24) is 4.57 Å². The van der Waals surface area contributed by atoms with Crippen LogP contribution in [0.5, 0.6) is 0 Å². The zero-order valence-corrected chi connectivity index (χ0v) is 31.9. The predicted molar refractivity (Wildman–Crippen MR) is 245 cm³/mol. The van der Waals surface area contributed by atoms with Gasteiger partial charge in [0.1, 0.15) is 0 Å². The van der Waals surface area contributed by atoms with Crippen molar-refractivity contribution >= 4 is 70.4 Å². The molecule has 0 amide bonds. The molecular formula is C54H36N2S. The molecule has 0 atom stereocenters. The third-order valence-corrected chi connectivity index (χ3v) is 12.4. The van der Waals surface area contributed by atoms with Crippen LogP contribution in [0.3, 0.4) is 0 Å². The van der Waals surface area contributed by atoms with Crippen molar-refractivity contribution in [3.05, 3.63) is 218 Å². The van der Waals surface area contributed by atoms with Crippen molar-refractivity contribution in [1.29, 1.82) is 0 Å². The molecule has 0 saturated heterocycles. The number of aromatic nitrogens is 1. The van der Waals surface area contributed by atoms with Gasteiger partial charge in [0.25, 0.3) is 0 Å². The summed E-state index contributed by atoms with van der Waals surface area (Å²) in [6.07, 6.45) is 0. The first-order valence-electron chi connectivity index (χ1n) is 19.4. The highest BCUT2D eigenvalue weighted by atomic mass is 32.1. The number of anilines is 3. The van der Waals surface area contributed by atoms with Gasteiger partial charge in [-0.2, -0.15) is 0 Å². The fourth-order valence-electron chi connectivity index (χ4n) is 8.50. The topological polar surface area (TPSA) is 8.17 Å². The van der Waals surface area contributed by atoms with E-state index in [1.807, 2.05) is 11.3 Å². The molecule has 2 nitrogen and oxygen atoms in total. The normalized spacial score (nSPS) is 11.5. The molecule has 0 spiro atoms. The summed E-state index contributed by atoms with van der Waals surface area (Å²) in [5, 5.41) is 5.12. The van der Waals surface area contributed by atoms with Crippen molar-refractivity contribution in [2.24, 2.45) is 0 Å². The van der Waals surface area contributed by atoms with Crippen molar-refractivity contribution < 1.29 is 0 Å². The van der Waals surface area contributed by atoms with Crippen LogP contribution < -0.4 is 4.90 Å². The molecule has 0 fully saturated rings. The molecule has 0 aliphatic carbocycles. The van der Waals surface area contributed by atoms with E-state index in [9.17, 15) is 0 Å². The number of hydrogen-bond acceptors (Lipinski definition) is 2. The minimum absolute atomic E-state index is 1.11. The molecule has 0 aliphatic heterocycles. The maximum Gasteiger partial charge on any atom is 0.0541 e. The second-order valence-corrected chi connectivity index (χ2v) is 15.6. The van der Waals surface area contributed by atoms with Crippen molar-refractivity contribution in [3.8, 4) is 39.1 Å². The molecule has 0 saturated carbocycles. The number of benzene rings is 9. The van der Waals surface area contributed by atoms with Gasteiger partial charge in [-0.05, 0) is 94.5 Å². The Kier molecular flexibility index (Phi) is 8.04. The minimum atomic E-state index is 1.11. The van der Waals surface area contributed by atoms with Gasteiger partial charge in [-0.15, -0.1) is 11.3 Å². The molecular weight excluding hydrogens is 709 g/mol. The Morgan fingerprint density at radius 3 is 1.60 bits per heavy atom. The zero-order valence-electron chi connectivity index (χ0n) is 31.1. The zero-order chi connectivity index (χ0) is 37.7. The minimum Gasteiger partial charge on any atom is -0.310 e. The van der Waals surface area contributed by atoms with E-state index >= 15 is 0 Å². The van der Waals surface area contributed by atoms with Gasteiger partial charge in [-0.25, -0.2) is 0 Å². The molecule has 0 aliphatic rings. The number of nitrogens with zero attached hydrogens (tertiary/aromatic N) is 2. The van der Waals surface area contributed by atoms with Crippen LogP contribution in [0.2, 0.25) is 0 Å². The number of fused-ring (bicyclic) bond motifs is 6. The van der Waals surface area contributed by atoms with E-state index in [-0.39, 0.29) is 0 Å². The van der Waals surface area contributed by atoms with E-state index < -0.39 is 0 Å². The second kappa shape index (κ2) is 13.8. The lowest BCUT2D eigenvalue weighted by molar-refractivity contribution is 1.18. The van der Waals surface area contributed by atoms with Gasteiger partial charge in [0.15, 0.2) is 0 Å². The summed E-state index contributed by atoms with van der Waals surface area (Å²) in [6, 6.07) is 79.3. The van der Waals surface area contributed by atoms with Gasteiger partial charge >= 0.3 is 0 Å². The summed E-state index contributed by atoms with van der Waals surface area (Å²) >= 11 is 1.85. The summed E-state index contributed by atoms with van der Waals surface area (Å²) in [7, 11) is 0. The fourth-order valence-corrected chi connectivity index (χ4v) is 9.58. The average Bonchev–Trinajstić information content (AvgIpc) is 3.83. The summed E-state index contributed by atoms with van der Waals surface area (Å²) in [4.78, 5) is 2.39. The van der Waals surface area contributed by atoms with Crippen LogP contribution in [-0.2, 0) is 0 Å². The molecule has 0 N–H and O–H groups in total. The van der Waals surface area contributed by atoms with Crippen LogP contribution in [0.4, 0.5) is 17.1 Å². The molecule has 11 aromatic rings. The molecule has 0 bridgehead atoms. The van der Waals surface area contributed by atoms with Gasteiger partial charge in [0.05, 0.1) is 16.7 Å². The summed E-state index contributed by atoms with van der Waals surface area (Å²) in [5.41, 5.74) is 14.1. The Morgan fingerprint density at radius 2 is 0.842 bits per heavy atom. The molecule has 9 aromatic carbocycles. The van der Waals surface area contributed by atoms with Gasteiger partial charge in [-0.1, -0.05) is 152 Å². The Bertz CT molecular complexity index is 3170. The lowest BCUT2D eigenvalue weighted by Crippen LogP contribution is -2.10. The lowest BCUT2D eigenvalue weighted by Gasteiger charge is -2.26. The standard InChI is InChI=1S/C54H36N2S/c1-2-13-37(14-3-1)41-15-12-16-43(35-41)55(44-33-34-54-49(36-44)48-20-7-11-24-53(48)57-54)42-31-29-39(30-32-42)38-25-27-40(28-26-38)45-17-4-8-21-50(45)56-51-22-9-5-18-46(51)47-19-6-10-23-52(47)56/h1-36H. The van der Waals surface area contributed by atoms with Crippen LogP contribution in [0.25, 0.3) is 81.0 Å². The van der Waals surface area contributed by atoms with E-state index in [2.05, 4.69) is 228 Å². The first kappa shape index (κ1) is 33.2. The SMILES string of the molecule is c1ccc(-c2cccc(N(c3ccc(-c4ccc(-c5ccccc5-n5c6ccccc6c6ccccc65)cc4)cc3)c3ccc4sc5ccccc5c4c3)c2)cc1. The second-order valence-electron chi connectivity index (χ2n) is 14.5. The van der Waals surface area contributed by atoms with Crippen molar-refractivity contribution in [2.75, 3.05) is 4.90 Å². The Labute approximate surface area is 335 Å². The molecule has 11 rings (SSSR count). The van der Waals surface area contributed by atoms with Crippen LogP contribution in [0.15, 0.2) is 218 Å². The molecule has 0 radical (unpaired) electrons. The van der Waals surface area contributed by atoms with Gasteiger partial charge in [0.2, 0.25) is 0 Å². The monoisotopic (exact) mass is 744 g/mol. The van der Waals surface area contributed by atoms with E-state index in [1.165, 1.54) is 81.0 Å². The lowest BCUT2D eigenvalue weighted by atomic mass is 9.98. The van der Waals surface area contributed by atoms with E-state index in [0.717, 1.165) is 17.1 Å². The third-order valence-electron chi connectivity index (χ3n) is 11.2. The van der Waals surface area contributed by atoms with Crippen LogP contribution in [0, 0.1) is 0 Å². The quantitative estimate of drug-likeness (QED) is 0.158. The van der Waals surface area contributed by atoms with Gasteiger partial charge in [-0.3, -0.25) is 0 Å². The maximum absolute atomic E-state index is 2.41. The Hall–Kier alpha value is -7.20. The maximum atomic E-state index is 2.41. The largest absolute Gasteiger partial charge is 0.310 e. The predicted octanol–water partition coefficient (Wildman–Crippen LogP) is 15.6. The summed E-state index contributed by atoms with van der Waals surface area (Å²) in [6.45, 7) is 0. The molecule has 2 aromatic heterocycles.